The van der Waals surface area contributed by atoms with Gasteiger partial charge in [0.2, 0.25) is 0 Å². The highest BCUT2D eigenvalue weighted by atomic mass is 32.2. The number of hydrogen-bond acceptors (Lipinski definition) is 3. The molecule has 4 heteroatoms. The molecule has 0 aliphatic rings. The number of nitrogens with zero attached hydrogens (tertiary/aromatic N) is 1. The second-order valence-corrected chi connectivity index (χ2v) is 3.32. The molecule has 0 fully saturated rings. The van der Waals surface area contributed by atoms with Gasteiger partial charge in [0, 0.05) is 17.5 Å². The molecule has 0 aliphatic heterocycles. The van der Waals surface area contributed by atoms with Gasteiger partial charge in [-0.2, -0.15) is 11.8 Å². The molecule has 66 valence electrons. The van der Waals surface area contributed by atoms with E-state index in [0.29, 0.717) is 11.3 Å². The van der Waals surface area contributed by atoms with Gasteiger partial charge in [-0.05, 0) is 12.3 Å². The van der Waals surface area contributed by atoms with E-state index in [1.54, 1.807) is 0 Å². The van der Waals surface area contributed by atoms with Crippen LogP contribution in [-0.4, -0.2) is 22.1 Å². The molecule has 1 aromatic heterocycles. The predicted molar refractivity (Wildman–Crippen MR) is 47.5 cm³/mol. The molecule has 0 aliphatic carbocycles. The van der Waals surface area contributed by atoms with Crippen molar-refractivity contribution in [3.05, 3.63) is 29.8 Å². The summed E-state index contributed by atoms with van der Waals surface area (Å²) in [4.78, 5) is 3.64. The number of hydrogen-bond donors (Lipinski definition) is 1. The molecule has 0 spiro atoms. The molecule has 0 aromatic carbocycles. The summed E-state index contributed by atoms with van der Waals surface area (Å²) < 4.78 is 12.6. The first-order valence-electron chi connectivity index (χ1n) is 3.51. The van der Waals surface area contributed by atoms with Crippen molar-refractivity contribution in [1.29, 1.82) is 0 Å². The van der Waals surface area contributed by atoms with Gasteiger partial charge in [0.25, 0.3) is 0 Å². The van der Waals surface area contributed by atoms with Crippen LogP contribution in [0.1, 0.15) is 11.7 Å². The van der Waals surface area contributed by atoms with E-state index in [-0.39, 0.29) is 0 Å². The molecule has 0 radical (unpaired) electrons. The molecule has 1 atom stereocenters. The van der Waals surface area contributed by atoms with E-state index in [2.05, 4.69) is 4.98 Å². The number of rotatable bonds is 3. The van der Waals surface area contributed by atoms with Gasteiger partial charge in [-0.1, -0.05) is 0 Å². The number of aromatic nitrogens is 1. The van der Waals surface area contributed by atoms with Crippen LogP contribution in [0.5, 0.6) is 0 Å². The number of thioether (sulfide) groups is 1. The Morgan fingerprint density at radius 2 is 2.42 bits per heavy atom. The first-order valence-corrected chi connectivity index (χ1v) is 4.91. The standard InChI is InChI=1S/C8H10FNOS/c1-12-5-8(11)6-2-7(9)4-10-3-6/h2-4,8,11H,5H2,1H3. The van der Waals surface area contributed by atoms with Crippen molar-refractivity contribution < 1.29 is 9.50 Å². The lowest BCUT2D eigenvalue weighted by Gasteiger charge is -2.07. The van der Waals surface area contributed by atoms with E-state index >= 15 is 0 Å². The normalized spacial score (nSPS) is 12.9. The summed E-state index contributed by atoms with van der Waals surface area (Å²) in [5, 5.41) is 9.42. The minimum Gasteiger partial charge on any atom is -0.387 e. The minimum atomic E-state index is -0.622. The maximum atomic E-state index is 12.6. The Balaban J connectivity index is 2.73. The highest BCUT2D eigenvalue weighted by Gasteiger charge is 2.07. The molecule has 12 heavy (non-hydrogen) atoms. The van der Waals surface area contributed by atoms with Crippen molar-refractivity contribution in [2.45, 2.75) is 6.10 Å². The largest absolute Gasteiger partial charge is 0.387 e. The Labute approximate surface area is 74.8 Å². The zero-order valence-electron chi connectivity index (χ0n) is 6.70. The predicted octanol–water partition coefficient (Wildman–Crippen LogP) is 1.62. The quantitative estimate of drug-likeness (QED) is 0.780. The molecule has 1 unspecified atom stereocenters. The van der Waals surface area contributed by atoms with E-state index in [1.807, 2.05) is 6.26 Å². The molecule has 1 rings (SSSR count). The van der Waals surface area contributed by atoms with Crippen LogP contribution in [0.4, 0.5) is 4.39 Å². The number of halogens is 1. The molecule has 0 saturated heterocycles. The van der Waals surface area contributed by atoms with E-state index in [4.69, 9.17) is 0 Å². The van der Waals surface area contributed by atoms with Crippen LogP contribution in [0.25, 0.3) is 0 Å². The van der Waals surface area contributed by atoms with Crippen LogP contribution < -0.4 is 0 Å². The second kappa shape index (κ2) is 4.42. The number of aliphatic hydroxyl groups is 1. The second-order valence-electron chi connectivity index (χ2n) is 2.41. The molecule has 2 nitrogen and oxygen atoms in total. The Morgan fingerprint density at radius 1 is 1.67 bits per heavy atom. The Kier molecular flexibility index (Phi) is 3.49. The van der Waals surface area contributed by atoms with Crippen molar-refractivity contribution in [3.8, 4) is 0 Å². The first-order chi connectivity index (χ1) is 5.74. The van der Waals surface area contributed by atoms with Gasteiger partial charge in [0.05, 0.1) is 12.3 Å². The Morgan fingerprint density at radius 3 is 3.00 bits per heavy atom. The highest BCUT2D eigenvalue weighted by Crippen LogP contribution is 2.16. The lowest BCUT2D eigenvalue weighted by atomic mass is 10.2. The fourth-order valence-corrected chi connectivity index (χ4v) is 1.37. The van der Waals surface area contributed by atoms with E-state index in [9.17, 15) is 9.50 Å². The average Bonchev–Trinajstić information content (AvgIpc) is 2.05. The number of aliphatic hydroxyl groups excluding tert-OH is 1. The molecule has 1 N–H and O–H groups in total. The third-order valence-corrected chi connectivity index (χ3v) is 2.08. The Bertz CT molecular complexity index is 257. The summed E-state index contributed by atoms with van der Waals surface area (Å²) in [6.45, 7) is 0. The summed E-state index contributed by atoms with van der Waals surface area (Å²) in [6, 6.07) is 1.30. The van der Waals surface area contributed by atoms with Crippen LogP contribution in [0.2, 0.25) is 0 Å². The van der Waals surface area contributed by atoms with Crippen LogP contribution in [0.3, 0.4) is 0 Å². The van der Waals surface area contributed by atoms with Gasteiger partial charge in [0.15, 0.2) is 0 Å². The van der Waals surface area contributed by atoms with Crippen molar-refractivity contribution >= 4 is 11.8 Å². The molecule has 0 amide bonds. The maximum Gasteiger partial charge on any atom is 0.141 e. The van der Waals surface area contributed by atoms with Crippen molar-refractivity contribution in [1.82, 2.24) is 4.98 Å². The van der Waals surface area contributed by atoms with Gasteiger partial charge in [-0.25, -0.2) is 4.39 Å². The van der Waals surface area contributed by atoms with Crippen molar-refractivity contribution in [3.63, 3.8) is 0 Å². The van der Waals surface area contributed by atoms with E-state index < -0.39 is 11.9 Å². The molecular weight excluding hydrogens is 177 g/mol. The smallest absolute Gasteiger partial charge is 0.141 e. The van der Waals surface area contributed by atoms with Gasteiger partial charge in [0.1, 0.15) is 5.82 Å². The van der Waals surface area contributed by atoms with Crippen LogP contribution >= 0.6 is 11.8 Å². The summed E-state index contributed by atoms with van der Waals surface area (Å²) in [5.74, 6) is 0.151. The topological polar surface area (TPSA) is 33.1 Å². The third-order valence-electron chi connectivity index (χ3n) is 1.44. The SMILES string of the molecule is CSCC(O)c1cncc(F)c1. The summed E-state index contributed by atoms with van der Waals surface area (Å²) in [7, 11) is 0. The lowest BCUT2D eigenvalue weighted by Crippen LogP contribution is -2.01. The molecule has 1 heterocycles. The van der Waals surface area contributed by atoms with Crippen molar-refractivity contribution in [2.24, 2.45) is 0 Å². The monoisotopic (exact) mass is 187 g/mol. The van der Waals surface area contributed by atoms with Gasteiger partial charge in [-0.3, -0.25) is 4.98 Å². The minimum absolute atomic E-state index is 0.410. The Hall–Kier alpha value is -0.610. The summed E-state index contributed by atoms with van der Waals surface area (Å²) in [6.07, 6.45) is 3.86. The number of pyridine rings is 1. The van der Waals surface area contributed by atoms with Crippen molar-refractivity contribution in [2.75, 3.05) is 12.0 Å². The van der Waals surface area contributed by atoms with Gasteiger partial charge >= 0.3 is 0 Å². The highest BCUT2D eigenvalue weighted by molar-refractivity contribution is 7.98. The van der Waals surface area contributed by atoms with Gasteiger partial charge in [-0.15, -0.1) is 0 Å². The van der Waals surface area contributed by atoms with Gasteiger partial charge < -0.3 is 5.11 Å². The maximum absolute atomic E-state index is 12.6. The average molecular weight is 187 g/mol. The zero-order valence-corrected chi connectivity index (χ0v) is 7.51. The lowest BCUT2D eigenvalue weighted by molar-refractivity contribution is 0.203. The van der Waals surface area contributed by atoms with Crippen LogP contribution in [-0.2, 0) is 0 Å². The molecule has 1 aromatic rings. The molecule has 0 saturated carbocycles. The fraction of sp³-hybridized carbons (Fsp3) is 0.375. The third kappa shape index (κ3) is 2.46. The fourth-order valence-electron chi connectivity index (χ4n) is 0.865. The molecular formula is C8H10FNOS. The molecule has 0 bridgehead atoms. The first kappa shape index (κ1) is 9.48. The summed E-state index contributed by atoms with van der Waals surface area (Å²) in [5.41, 5.74) is 0.532. The van der Waals surface area contributed by atoms with E-state index in [1.165, 1.54) is 24.0 Å². The van der Waals surface area contributed by atoms with Crippen LogP contribution in [0.15, 0.2) is 18.5 Å². The summed E-state index contributed by atoms with van der Waals surface area (Å²) >= 11 is 1.51. The zero-order chi connectivity index (χ0) is 8.97. The van der Waals surface area contributed by atoms with Crippen LogP contribution in [0, 0.1) is 5.82 Å². The van der Waals surface area contributed by atoms with E-state index in [0.717, 1.165) is 6.20 Å².